The standard InChI is InChI=1S/C27H25FN4O2S/c1-3-18-9-11-19(12-10-18)24-23(26-30-25(31-34-26)20-6-4-7-21(28)16-20)17(2)32(27(33)29-24)14-13-22-8-5-15-35-22/h4-12,15-16,24H,3,13-14H2,1-2H3,(H,29,33). The van der Waals surface area contributed by atoms with Gasteiger partial charge in [0.05, 0.1) is 11.6 Å². The third-order valence-electron chi connectivity index (χ3n) is 6.22. The molecule has 4 aromatic rings. The second kappa shape index (κ2) is 9.84. The third-order valence-corrected chi connectivity index (χ3v) is 7.15. The van der Waals surface area contributed by atoms with Crippen LogP contribution in [0.4, 0.5) is 9.18 Å². The van der Waals surface area contributed by atoms with E-state index in [-0.39, 0.29) is 11.8 Å². The van der Waals surface area contributed by atoms with Crippen LogP contribution in [0.3, 0.4) is 0 Å². The van der Waals surface area contributed by atoms with Crippen molar-refractivity contribution >= 4 is 22.9 Å². The topological polar surface area (TPSA) is 71.3 Å². The average Bonchev–Trinajstić information content (AvgIpc) is 3.56. The first-order valence-electron chi connectivity index (χ1n) is 11.5. The van der Waals surface area contributed by atoms with Gasteiger partial charge in [0.15, 0.2) is 0 Å². The van der Waals surface area contributed by atoms with Crippen LogP contribution in [0.25, 0.3) is 17.0 Å². The number of allylic oxidation sites excluding steroid dienone is 1. The van der Waals surface area contributed by atoms with Gasteiger partial charge in [-0.3, -0.25) is 4.90 Å². The normalized spacial score (nSPS) is 16.0. The van der Waals surface area contributed by atoms with Crippen molar-refractivity contribution in [1.82, 2.24) is 20.4 Å². The lowest BCUT2D eigenvalue weighted by Crippen LogP contribution is -2.46. The van der Waals surface area contributed by atoms with E-state index >= 15 is 0 Å². The maximum atomic E-state index is 13.8. The van der Waals surface area contributed by atoms with E-state index in [1.54, 1.807) is 28.4 Å². The van der Waals surface area contributed by atoms with Crippen molar-refractivity contribution in [3.63, 3.8) is 0 Å². The zero-order chi connectivity index (χ0) is 24.4. The number of carbonyl (C=O) groups excluding carboxylic acids is 1. The number of aryl methyl sites for hydroxylation is 1. The number of urea groups is 1. The zero-order valence-corrected chi connectivity index (χ0v) is 20.3. The van der Waals surface area contributed by atoms with Crippen LogP contribution in [0.5, 0.6) is 0 Å². The fourth-order valence-corrected chi connectivity index (χ4v) is 4.98. The van der Waals surface area contributed by atoms with Crippen molar-refractivity contribution in [3.05, 3.63) is 99.5 Å². The van der Waals surface area contributed by atoms with Crippen LogP contribution < -0.4 is 5.32 Å². The molecule has 1 N–H and O–H groups in total. The highest BCUT2D eigenvalue weighted by Crippen LogP contribution is 2.37. The van der Waals surface area contributed by atoms with Crippen LogP contribution in [0.1, 0.15) is 41.8 Å². The van der Waals surface area contributed by atoms with Crippen molar-refractivity contribution in [2.45, 2.75) is 32.7 Å². The Bertz CT molecular complexity index is 1360. The monoisotopic (exact) mass is 488 g/mol. The molecule has 35 heavy (non-hydrogen) atoms. The minimum atomic E-state index is -0.452. The van der Waals surface area contributed by atoms with Gasteiger partial charge in [-0.25, -0.2) is 9.18 Å². The van der Waals surface area contributed by atoms with Gasteiger partial charge in [0.25, 0.3) is 5.89 Å². The number of nitrogens with zero attached hydrogens (tertiary/aromatic N) is 3. The first-order chi connectivity index (χ1) is 17.0. The predicted molar refractivity (Wildman–Crippen MR) is 134 cm³/mol. The largest absolute Gasteiger partial charge is 0.334 e. The van der Waals surface area contributed by atoms with Gasteiger partial charge in [-0.15, -0.1) is 11.3 Å². The number of nitrogens with one attached hydrogen (secondary N) is 1. The zero-order valence-electron chi connectivity index (χ0n) is 19.5. The lowest BCUT2D eigenvalue weighted by atomic mass is 9.93. The first-order valence-corrected chi connectivity index (χ1v) is 12.4. The third kappa shape index (κ3) is 4.74. The molecule has 0 saturated carbocycles. The van der Waals surface area contributed by atoms with Crippen molar-refractivity contribution < 1.29 is 13.7 Å². The van der Waals surface area contributed by atoms with Gasteiger partial charge in [0.2, 0.25) is 5.82 Å². The van der Waals surface area contributed by atoms with Gasteiger partial charge in [0, 0.05) is 22.7 Å². The molecule has 1 aliphatic rings. The molecule has 0 spiro atoms. The Balaban J connectivity index is 1.55. The van der Waals surface area contributed by atoms with Crippen molar-refractivity contribution in [3.8, 4) is 11.4 Å². The fraction of sp³-hybridized carbons (Fsp3) is 0.222. The summed E-state index contributed by atoms with van der Waals surface area (Å²) in [4.78, 5) is 20.7. The van der Waals surface area contributed by atoms with Crippen LogP contribution in [0.15, 0.2) is 76.3 Å². The molecule has 2 aromatic heterocycles. The molecule has 0 radical (unpaired) electrons. The highest BCUT2D eigenvalue weighted by molar-refractivity contribution is 7.09. The molecule has 2 amide bonds. The van der Waals surface area contributed by atoms with E-state index in [1.165, 1.54) is 22.6 Å². The number of amides is 2. The summed E-state index contributed by atoms with van der Waals surface area (Å²) < 4.78 is 19.5. The second-order valence-corrected chi connectivity index (χ2v) is 9.42. The summed E-state index contributed by atoms with van der Waals surface area (Å²) in [6.07, 6.45) is 1.67. The number of halogens is 1. The second-order valence-electron chi connectivity index (χ2n) is 8.39. The van der Waals surface area contributed by atoms with Crippen molar-refractivity contribution in [2.24, 2.45) is 0 Å². The van der Waals surface area contributed by atoms with Gasteiger partial charge >= 0.3 is 6.03 Å². The molecule has 1 unspecified atom stereocenters. The summed E-state index contributed by atoms with van der Waals surface area (Å²) in [7, 11) is 0. The van der Waals surface area contributed by atoms with E-state index in [0.717, 1.165) is 29.7 Å². The summed E-state index contributed by atoms with van der Waals surface area (Å²) in [5.41, 5.74) is 4.14. The van der Waals surface area contributed by atoms with Gasteiger partial charge in [-0.05, 0) is 54.5 Å². The summed E-state index contributed by atoms with van der Waals surface area (Å²) in [5, 5.41) is 9.27. The van der Waals surface area contributed by atoms with E-state index in [1.807, 2.05) is 30.5 Å². The Morgan fingerprint density at radius 1 is 1.14 bits per heavy atom. The smallest absolute Gasteiger partial charge is 0.322 e. The molecule has 6 nitrogen and oxygen atoms in total. The molecule has 1 aliphatic heterocycles. The van der Waals surface area contributed by atoms with E-state index < -0.39 is 6.04 Å². The molecule has 0 aliphatic carbocycles. The number of thiophene rings is 1. The minimum absolute atomic E-state index is 0.169. The van der Waals surface area contributed by atoms with E-state index in [2.05, 4.69) is 40.6 Å². The van der Waals surface area contributed by atoms with Crippen LogP contribution in [-0.2, 0) is 12.8 Å². The fourth-order valence-electron chi connectivity index (χ4n) is 4.28. The average molecular weight is 489 g/mol. The number of benzene rings is 2. The number of hydrogen-bond donors (Lipinski definition) is 1. The predicted octanol–water partition coefficient (Wildman–Crippen LogP) is 6.24. The van der Waals surface area contributed by atoms with Crippen LogP contribution in [-0.4, -0.2) is 27.6 Å². The van der Waals surface area contributed by atoms with E-state index in [9.17, 15) is 9.18 Å². The van der Waals surface area contributed by atoms with Gasteiger partial charge < -0.3 is 9.84 Å². The Morgan fingerprint density at radius 3 is 2.69 bits per heavy atom. The molecule has 2 aromatic carbocycles. The van der Waals surface area contributed by atoms with Gasteiger partial charge in [-0.1, -0.05) is 54.5 Å². The van der Waals surface area contributed by atoms with Crippen LogP contribution >= 0.6 is 11.3 Å². The molecule has 5 rings (SSSR count). The highest BCUT2D eigenvalue weighted by Gasteiger charge is 2.35. The van der Waals surface area contributed by atoms with E-state index in [0.29, 0.717) is 23.8 Å². The van der Waals surface area contributed by atoms with Crippen molar-refractivity contribution in [1.29, 1.82) is 0 Å². The number of aromatic nitrogens is 2. The minimum Gasteiger partial charge on any atom is -0.334 e. The van der Waals surface area contributed by atoms with Gasteiger partial charge in [0.1, 0.15) is 5.82 Å². The summed E-state index contributed by atoms with van der Waals surface area (Å²) >= 11 is 1.67. The molecule has 1 atom stereocenters. The maximum absolute atomic E-state index is 13.8. The van der Waals surface area contributed by atoms with Crippen LogP contribution in [0, 0.1) is 5.82 Å². The van der Waals surface area contributed by atoms with E-state index in [4.69, 9.17) is 4.52 Å². The molecule has 0 saturated heterocycles. The number of hydrogen-bond acceptors (Lipinski definition) is 5. The van der Waals surface area contributed by atoms with Gasteiger partial charge in [-0.2, -0.15) is 4.98 Å². The summed E-state index contributed by atoms with van der Waals surface area (Å²) in [6.45, 7) is 4.53. The Labute approximate surface area is 207 Å². The van der Waals surface area contributed by atoms with Crippen molar-refractivity contribution in [2.75, 3.05) is 6.54 Å². The first kappa shape index (κ1) is 23.0. The molecular formula is C27H25FN4O2S. The number of rotatable bonds is 7. The Kier molecular flexibility index (Phi) is 6.46. The lowest BCUT2D eigenvalue weighted by molar-refractivity contribution is 0.205. The highest BCUT2D eigenvalue weighted by atomic mass is 32.1. The molecule has 0 bridgehead atoms. The molecule has 178 valence electrons. The molecular weight excluding hydrogens is 463 g/mol. The maximum Gasteiger partial charge on any atom is 0.322 e. The lowest BCUT2D eigenvalue weighted by Gasteiger charge is -2.35. The molecule has 8 heteroatoms. The number of carbonyl (C=O) groups is 1. The Hall–Kier alpha value is -3.78. The molecule has 0 fully saturated rings. The van der Waals surface area contributed by atoms with Crippen LogP contribution in [0.2, 0.25) is 0 Å². The quantitative estimate of drug-likeness (QED) is 0.334. The SMILES string of the molecule is CCc1ccc(C2NC(=O)N(CCc3cccs3)C(C)=C2c2nc(-c3cccc(F)c3)no2)cc1. The Morgan fingerprint density at radius 2 is 1.97 bits per heavy atom. The summed E-state index contributed by atoms with van der Waals surface area (Å²) in [6, 6.07) is 17.7. The molecule has 3 heterocycles. The summed E-state index contributed by atoms with van der Waals surface area (Å²) in [5.74, 6) is 0.220.